The summed E-state index contributed by atoms with van der Waals surface area (Å²) in [6, 6.07) is 0. The maximum Gasteiger partial charge on any atom is 0.491 e. The van der Waals surface area contributed by atoms with E-state index in [0.717, 1.165) is 5.47 Å². The summed E-state index contributed by atoms with van der Waals surface area (Å²) in [7, 11) is -0.483. The molecule has 2 rings (SSSR count). The smallest absolute Gasteiger partial charge is 0.400 e. The van der Waals surface area contributed by atoms with Gasteiger partial charge in [0, 0.05) is 5.75 Å². The van der Waals surface area contributed by atoms with Gasteiger partial charge in [0.25, 0.3) is 0 Å². The maximum atomic E-state index is 6.04. The summed E-state index contributed by atoms with van der Waals surface area (Å²) in [5, 5.41) is 0.241. The first kappa shape index (κ1) is 16.6. The van der Waals surface area contributed by atoms with Gasteiger partial charge in [-0.15, -0.1) is 0 Å². The van der Waals surface area contributed by atoms with Crippen LogP contribution in [0.3, 0.4) is 0 Å². The van der Waals surface area contributed by atoms with Crippen molar-refractivity contribution in [1.29, 1.82) is 0 Å². The zero-order valence-corrected chi connectivity index (χ0v) is 14.2. The first-order chi connectivity index (χ1) is 9.66. The Bertz CT molecular complexity index is 565. The number of hydrogen-bond acceptors (Lipinski definition) is 6. The van der Waals surface area contributed by atoms with Crippen LogP contribution >= 0.6 is 24.2 Å². The number of aromatic nitrogens is 2. The molecule has 0 amide bonds. The quantitative estimate of drug-likeness (QED) is 0.660. The number of nitrogen functional groups attached to an aromatic ring is 1. The monoisotopic (exact) mass is 327 g/mol. The van der Waals surface area contributed by atoms with E-state index in [9.17, 15) is 0 Å². The molecule has 1 saturated heterocycles. The van der Waals surface area contributed by atoms with Crippen molar-refractivity contribution >= 4 is 43.2 Å². The molecule has 114 valence electrons. The zero-order chi connectivity index (χ0) is 15.8. The highest BCUT2D eigenvalue weighted by molar-refractivity contribution is 7.80. The lowest BCUT2D eigenvalue weighted by Gasteiger charge is -2.32. The van der Waals surface area contributed by atoms with E-state index < -0.39 is 18.3 Å². The van der Waals surface area contributed by atoms with Gasteiger partial charge in [-0.3, -0.25) is 0 Å². The zero-order valence-electron chi connectivity index (χ0n) is 12.6. The fourth-order valence-corrected chi connectivity index (χ4v) is 2.28. The second-order valence-corrected chi connectivity index (χ2v) is 6.61. The Morgan fingerprint density at radius 2 is 1.95 bits per heavy atom. The third-order valence-electron chi connectivity index (χ3n) is 3.84. The minimum absolute atomic E-state index is 0.241. The molecule has 1 aliphatic rings. The van der Waals surface area contributed by atoms with E-state index in [1.54, 1.807) is 6.08 Å². The third kappa shape index (κ3) is 3.36. The molecule has 8 heteroatoms. The largest absolute Gasteiger partial charge is 0.491 e. The molecule has 1 fully saturated rings. The summed E-state index contributed by atoms with van der Waals surface area (Å²) in [6.07, 6.45) is 3.24. The van der Waals surface area contributed by atoms with E-state index in [1.165, 1.54) is 6.20 Å². The summed E-state index contributed by atoms with van der Waals surface area (Å²) in [5.74, 6) is 0.736. The molecule has 0 saturated carbocycles. The van der Waals surface area contributed by atoms with Crippen LogP contribution < -0.4 is 5.73 Å². The van der Waals surface area contributed by atoms with Crippen LogP contribution in [-0.4, -0.2) is 34.0 Å². The molecular weight excluding hydrogens is 308 g/mol. The summed E-state index contributed by atoms with van der Waals surface area (Å²) >= 11 is 10.4. The SMILES string of the molecule is CC1(C)OB(C(=Cc2ncc(N)nc2Cl)CS)OC1(C)C. The van der Waals surface area contributed by atoms with Gasteiger partial charge in [0.15, 0.2) is 5.15 Å². The molecule has 0 spiro atoms. The molecule has 0 bridgehead atoms. The van der Waals surface area contributed by atoms with Crippen LogP contribution in [0.25, 0.3) is 6.08 Å². The molecule has 0 aromatic carbocycles. The minimum atomic E-state index is -0.483. The van der Waals surface area contributed by atoms with Crippen LogP contribution in [-0.2, 0) is 9.31 Å². The molecular formula is C13H19BClN3O2S. The van der Waals surface area contributed by atoms with Crippen LogP contribution in [0.2, 0.25) is 5.15 Å². The summed E-state index contributed by atoms with van der Waals surface area (Å²) in [4.78, 5) is 8.14. The number of hydrogen-bond donors (Lipinski definition) is 2. The van der Waals surface area contributed by atoms with Gasteiger partial charge in [-0.25, -0.2) is 9.97 Å². The number of nitrogens with two attached hydrogens (primary N) is 1. The average molecular weight is 328 g/mol. The number of halogens is 1. The summed E-state index contributed by atoms with van der Waals surface area (Å²) in [6.45, 7) is 8.00. The van der Waals surface area contributed by atoms with Gasteiger partial charge in [0.05, 0.1) is 23.1 Å². The Hall–Kier alpha value is -0.755. The second kappa shape index (κ2) is 5.80. The van der Waals surface area contributed by atoms with Gasteiger partial charge in [0.1, 0.15) is 5.82 Å². The van der Waals surface area contributed by atoms with E-state index in [2.05, 4.69) is 22.6 Å². The second-order valence-electron chi connectivity index (χ2n) is 5.94. The highest BCUT2D eigenvalue weighted by atomic mass is 35.5. The van der Waals surface area contributed by atoms with Crippen molar-refractivity contribution in [1.82, 2.24) is 9.97 Å². The molecule has 0 atom stereocenters. The Balaban J connectivity index is 2.31. The highest BCUT2D eigenvalue weighted by Crippen LogP contribution is 2.39. The van der Waals surface area contributed by atoms with Crippen LogP contribution in [0.15, 0.2) is 11.7 Å². The first-order valence-electron chi connectivity index (χ1n) is 6.61. The van der Waals surface area contributed by atoms with Gasteiger partial charge in [-0.05, 0) is 39.2 Å². The molecule has 0 unspecified atom stereocenters. The van der Waals surface area contributed by atoms with Crippen molar-refractivity contribution in [2.75, 3.05) is 11.5 Å². The predicted octanol–water partition coefficient (Wildman–Crippen LogP) is 2.66. The molecule has 21 heavy (non-hydrogen) atoms. The van der Waals surface area contributed by atoms with Gasteiger partial charge in [0.2, 0.25) is 0 Å². The van der Waals surface area contributed by atoms with Gasteiger partial charge < -0.3 is 15.0 Å². The molecule has 2 N–H and O–H groups in total. The topological polar surface area (TPSA) is 70.3 Å². The number of anilines is 1. The fourth-order valence-electron chi connectivity index (χ4n) is 1.84. The molecule has 1 aliphatic heterocycles. The van der Waals surface area contributed by atoms with Crippen molar-refractivity contribution in [3.8, 4) is 0 Å². The van der Waals surface area contributed by atoms with E-state index in [0.29, 0.717) is 11.4 Å². The van der Waals surface area contributed by atoms with Crippen molar-refractivity contribution < 1.29 is 9.31 Å². The summed E-state index contributed by atoms with van der Waals surface area (Å²) in [5.41, 5.74) is 6.08. The fraction of sp³-hybridized carbons (Fsp3) is 0.538. The highest BCUT2D eigenvalue weighted by Gasteiger charge is 2.52. The first-order valence-corrected chi connectivity index (χ1v) is 7.62. The molecule has 5 nitrogen and oxygen atoms in total. The van der Waals surface area contributed by atoms with Crippen molar-refractivity contribution in [2.45, 2.75) is 38.9 Å². The lowest BCUT2D eigenvalue weighted by molar-refractivity contribution is 0.00578. The Morgan fingerprint density at radius 1 is 1.38 bits per heavy atom. The van der Waals surface area contributed by atoms with Crippen LogP contribution in [0.4, 0.5) is 5.82 Å². The predicted molar refractivity (Wildman–Crippen MR) is 89.4 cm³/mol. The average Bonchev–Trinajstić information content (AvgIpc) is 2.57. The lowest BCUT2D eigenvalue weighted by Crippen LogP contribution is -2.41. The Morgan fingerprint density at radius 3 is 2.43 bits per heavy atom. The van der Waals surface area contributed by atoms with E-state index in [-0.39, 0.29) is 11.0 Å². The summed E-state index contributed by atoms with van der Waals surface area (Å²) < 4.78 is 12.0. The van der Waals surface area contributed by atoms with Gasteiger partial charge in [-0.2, -0.15) is 12.6 Å². The van der Waals surface area contributed by atoms with Crippen LogP contribution in [0.1, 0.15) is 33.4 Å². The number of nitrogens with zero attached hydrogens (tertiary/aromatic N) is 2. The van der Waals surface area contributed by atoms with E-state index in [4.69, 9.17) is 26.6 Å². The van der Waals surface area contributed by atoms with Crippen molar-refractivity contribution in [3.63, 3.8) is 0 Å². The molecule has 1 aromatic rings. The normalized spacial score (nSPS) is 20.9. The van der Waals surface area contributed by atoms with Gasteiger partial charge >= 0.3 is 7.12 Å². The molecule has 0 aliphatic carbocycles. The minimum Gasteiger partial charge on any atom is -0.400 e. The van der Waals surface area contributed by atoms with Crippen LogP contribution in [0, 0.1) is 0 Å². The standard InChI is InChI=1S/C13H19BClN3O2S/c1-12(2)13(3,4)20-14(19-12)8(7-21)5-9-11(15)18-10(16)6-17-9/h5-6,21H,7H2,1-4H3,(H2,16,18). The number of thiol groups is 1. The molecule has 1 aromatic heterocycles. The maximum absolute atomic E-state index is 6.04. The molecule has 2 heterocycles. The van der Waals surface area contributed by atoms with E-state index >= 15 is 0 Å². The number of rotatable bonds is 3. The van der Waals surface area contributed by atoms with Crippen molar-refractivity contribution in [3.05, 3.63) is 22.5 Å². The Kier molecular flexibility index (Phi) is 4.59. The van der Waals surface area contributed by atoms with Crippen LogP contribution in [0.5, 0.6) is 0 Å². The molecule has 0 radical (unpaired) electrons. The van der Waals surface area contributed by atoms with E-state index in [1.807, 2.05) is 27.7 Å². The lowest BCUT2D eigenvalue weighted by atomic mass is 9.78. The van der Waals surface area contributed by atoms with Gasteiger partial charge in [-0.1, -0.05) is 11.6 Å². The third-order valence-corrected chi connectivity index (χ3v) is 4.48. The van der Waals surface area contributed by atoms with Crippen molar-refractivity contribution in [2.24, 2.45) is 0 Å². The Labute approximate surface area is 135 Å².